The van der Waals surface area contributed by atoms with Crippen molar-refractivity contribution in [1.82, 2.24) is 10.2 Å². The molecule has 1 saturated carbocycles. The molecule has 17 heavy (non-hydrogen) atoms. The van der Waals surface area contributed by atoms with Gasteiger partial charge < -0.3 is 10.2 Å². The maximum atomic E-state index is 3.73. The standard InChI is InChI=1S/C15H32N2/c1-4-5-6-11-17(3)12-10-16-15-9-7-8-14(2)13-15/h14-16H,4-13H2,1-3H3. The van der Waals surface area contributed by atoms with Gasteiger partial charge in [-0.05, 0) is 38.8 Å². The zero-order chi connectivity index (χ0) is 12.5. The zero-order valence-corrected chi connectivity index (χ0v) is 12.2. The van der Waals surface area contributed by atoms with Crippen molar-refractivity contribution in [2.75, 3.05) is 26.7 Å². The summed E-state index contributed by atoms with van der Waals surface area (Å²) in [5.74, 6) is 0.934. The molecule has 102 valence electrons. The van der Waals surface area contributed by atoms with E-state index in [1.54, 1.807) is 0 Å². The van der Waals surface area contributed by atoms with Crippen LogP contribution in [0.5, 0.6) is 0 Å². The molecular weight excluding hydrogens is 208 g/mol. The molecule has 1 aliphatic carbocycles. The first-order chi connectivity index (χ1) is 8.22. The normalized spacial score (nSPS) is 25.4. The average molecular weight is 240 g/mol. The highest BCUT2D eigenvalue weighted by Crippen LogP contribution is 2.23. The maximum absolute atomic E-state index is 3.73. The van der Waals surface area contributed by atoms with Gasteiger partial charge in [-0.15, -0.1) is 0 Å². The smallest absolute Gasteiger partial charge is 0.0104 e. The SMILES string of the molecule is CCCCCN(C)CCNC1CCCC(C)C1. The number of rotatable bonds is 8. The van der Waals surface area contributed by atoms with Gasteiger partial charge in [-0.3, -0.25) is 0 Å². The van der Waals surface area contributed by atoms with Gasteiger partial charge in [0.2, 0.25) is 0 Å². The molecule has 0 spiro atoms. The lowest BCUT2D eigenvalue weighted by Gasteiger charge is -2.28. The molecular formula is C15H32N2. The Kier molecular flexibility index (Phi) is 7.87. The highest BCUT2D eigenvalue weighted by atomic mass is 15.1. The van der Waals surface area contributed by atoms with Gasteiger partial charge in [-0.25, -0.2) is 0 Å². The van der Waals surface area contributed by atoms with Gasteiger partial charge >= 0.3 is 0 Å². The molecule has 2 atom stereocenters. The van der Waals surface area contributed by atoms with E-state index in [1.165, 1.54) is 64.6 Å². The van der Waals surface area contributed by atoms with Crippen molar-refractivity contribution in [3.05, 3.63) is 0 Å². The van der Waals surface area contributed by atoms with Crippen molar-refractivity contribution in [3.8, 4) is 0 Å². The summed E-state index contributed by atoms with van der Waals surface area (Å²) in [4.78, 5) is 2.47. The van der Waals surface area contributed by atoms with Gasteiger partial charge in [-0.2, -0.15) is 0 Å². The van der Waals surface area contributed by atoms with E-state index in [0.29, 0.717) is 0 Å². The number of likely N-dealkylation sites (N-methyl/N-ethyl adjacent to an activating group) is 1. The minimum atomic E-state index is 0.794. The summed E-state index contributed by atoms with van der Waals surface area (Å²) >= 11 is 0. The van der Waals surface area contributed by atoms with E-state index >= 15 is 0 Å². The summed E-state index contributed by atoms with van der Waals surface area (Å²) < 4.78 is 0. The largest absolute Gasteiger partial charge is 0.313 e. The fraction of sp³-hybridized carbons (Fsp3) is 1.00. The van der Waals surface area contributed by atoms with Crippen molar-refractivity contribution in [2.45, 2.75) is 64.8 Å². The molecule has 0 aliphatic heterocycles. The van der Waals surface area contributed by atoms with Crippen molar-refractivity contribution in [1.29, 1.82) is 0 Å². The van der Waals surface area contributed by atoms with Gasteiger partial charge in [0.05, 0.1) is 0 Å². The van der Waals surface area contributed by atoms with E-state index in [1.807, 2.05) is 0 Å². The molecule has 0 saturated heterocycles. The molecule has 0 aromatic carbocycles. The second-order valence-electron chi connectivity index (χ2n) is 5.93. The van der Waals surface area contributed by atoms with Crippen LogP contribution in [0.2, 0.25) is 0 Å². The van der Waals surface area contributed by atoms with Crippen LogP contribution in [0, 0.1) is 5.92 Å². The van der Waals surface area contributed by atoms with Crippen LogP contribution >= 0.6 is 0 Å². The van der Waals surface area contributed by atoms with Crippen molar-refractivity contribution >= 4 is 0 Å². The number of unbranched alkanes of at least 4 members (excludes halogenated alkanes) is 2. The molecule has 0 heterocycles. The first-order valence-electron chi connectivity index (χ1n) is 7.64. The predicted molar refractivity (Wildman–Crippen MR) is 76.4 cm³/mol. The van der Waals surface area contributed by atoms with E-state index in [9.17, 15) is 0 Å². The van der Waals surface area contributed by atoms with Crippen molar-refractivity contribution in [3.63, 3.8) is 0 Å². The third-order valence-corrected chi connectivity index (χ3v) is 4.01. The predicted octanol–water partition coefficient (Wildman–Crippen LogP) is 3.28. The fourth-order valence-corrected chi connectivity index (χ4v) is 2.82. The lowest BCUT2D eigenvalue weighted by Crippen LogP contribution is -2.38. The number of hydrogen-bond donors (Lipinski definition) is 1. The molecule has 2 nitrogen and oxygen atoms in total. The van der Waals surface area contributed by atoms with Crippen LogP contribution in [0.25, 0.3) is 0 Å². The first-order valence-corrected chi connectivity index (χ1v) is 7.64. The summed E-state index contributed by atoms with van der Waals surface area (Å²) in [5, 5.41) is 3.73. The average Bonchev–Trinajstić information content (AvgIpc) is 2.29. The minimum absolute atomic E-state index is 0.794. The van der Waals surface area contributed by atoms with Crippen LogP contribution in [-0.2, 0) is 0 Å². The monoisotopic (exact) mass is 240 g/mol. The van der Waals surface area contributed by atoms with Crippen LogP contribution in [0.1, 0.15) is 58.8 Å². The lowest BCUT2D eigenvalue weighted by atomic mass is 9.87. The quantitative estimate of drug-likeness (QED) is 0.655. The first kappa shape index (κ1) is 15.0. The summed E-state index contributed by atoms with van der Waals surface area (Å²) in [5.41, 5.74) is 0. The van der Waals surface area contributed by atoms with E-state index < -0.39 is 0 Å². The molecule has 0 amide bonds. The summed E-state index contributed by atoms with van der Waals surface area (Å²) in [6.45, 7) is 8.29. The Morgan fingerprint density at radius 1 is 1.18 bits per heavy atom. The van der Waals surface area contributed by atoms with Crippen LogP contribution in [0.4, 0.5) is 0 Å². The summed E-state index contributed by atoms with van der Waals surface area (Å²) in [7, 11) is 2.25. The third-order valence-electron chi connectivity index (χ3n) is 4.01. The molecule has 2 heteroatoms. The molecule has 1 N–H and O–H groups in total. The fourth-order valence-electron chi connectivity index (χ4n) is 2.82. The molecule has 0 radical (unpaired) electrons. The minimum Gasteiger partial charge on any atom is -0.313 e. The number of nitrogens with zero attached hydrogens (tertiary/aromatic N) is 1. The molecule has 0 aromatic rings. The van der Waals surface area contributed by atoms with Crippen LogP contribution < -0.4 is 5.32 Å². The zero-order valence-electron chi connectivity index (χ0n) is 12.2. The summed E-state index contributed by atoms with van der Waals surface area (Å²) in [6, 6.07) is 0.794. The molecule has 0 aromatic heterocycles. The van der Waals surface area contributed by atoms with Crippen LogP contribution in [0.15, 0.2) is 0 Å². The summed E-state index contributed by atoms with van der Waals surface area (Å²) in [6.07, 6.45) is 9.70. The lowest BCUT2D eigenvalue weighted by molar-refractivity contribution is 0.275. The number of nitrogens with one attached hydrogen (secondary N) is 1. The third kappa shape index (κ3) is 7.05. The Balaban J connectivity index is 1.98. The van der Waals surface area contributed by atoms with Crippen LogP contribution in [0.3, 0.4) is 0 Å². The Labute approximate surface area is 108 Å². The van der Waals surface area contributed by atoms with Crippen molar-refractivity contribution in [2.24, 2.45) is 5.92 Å². The molecule has 1 fully saturated rings. The highest BCUT2D eigenvalue weighted by Gasteiger charge is 2.17. The maximum Gasteiger partial charge on any atom is 0.0104 e. The van der Waals surface area contributed by atoms with Gasteiger partial charge in [-0.1, -0.05) is 39.5 Å². The van der Waals surface area contributed by atoms with Crippen LogP contribution in [-0.4, -0.2) is 37.6 Å². The van der Waals surface area contributed by atoms with Gasteiger partial charge in [0.15, 0.2) is 0 Å². The topological polar surface area (TPSA) is 15.3 Å². The van der Waals surface area contributed by atoms with E-state index in [-0.39, 0.29) is 0 Å². The van der Waals surface area contributed by atoms with E-state index in [0.717, 1.165) is 12.0 Å². The molecule has 1 aliphatic rings. The van der Waals surface area contributed by atoms with Gasteiger partial charge in [0.25, 0.3) is 0 Å². The van der Waals surface area contributed by atoms with Gasteiger partial charge in [0.1, 0.15) is 0 Å². The Hall–Kier alpha value is -0.0800. The van der Waals surface area contributed by atoms with Crippen molar-refractivity contribution < 1.29 is 0 Å². The molecule has 0 bridgehead atoms. The Morgan fingerprint density at radius 3 is 2.71 bits per heavy atom. The Morgan fingerprint density at radius 2 is 2.00 bits per heavy atom. The van der Waals surface area contributed by atoms with E-state index in [2.05, 4.69) is 31.1 Å². The molecule has 2 unspecified atom stereocenters. The second-order valence-corrected chi connectivity index (χ2v) is 5.93. The second kappa shape index (κ2) is 8.93. The van der Waals surface area contributed by atoms with E-state index in [4.69, 9.17) is 0 Å². The highest BCUT2D eigenvalue weighted by molar-refractivity contribution is 4.76. The molecule has 1 rings (SSSR count). The van der Waals surface area contributed by atoms with Gasteiger partial charge in [0, 0.05) is 19.1 Å². The number of hydrogen-bond acceptors (Lipinski definition) is 2. The Bertz CT molecular complexity index is 182.